The molecule has 3 heterocycles. The van der Waals surface area contributed by atoms with Crippen molar-refractivity contribution in [3.05, 3.63) is 63.1 Å². The van der Waals surface area contributed by atoms with Crippen LogP contribution in [0.5, 0.6) is 5.75 Å². The van der Waals surface area contributed by atoms with Crippen LogP contribution in [-0.2, 0) is 4.74 Å². The normalized spacial score (nSPS) is 17.0. The Morgan fingerprint density at radius 2 is 2.16 bits per heavy atom. The summed E-state index contributed by atoms with van der Waals surface area (Å²) >= 11 is 7.34. The third-order valence-corrected chi connectivity index (χ3v) is 6.29. The van der Waals surface area contributed by atoms with E-state index in [2.05, 4.69) is 9.97 Å². The molecular formula is C22H21ClFN3O3S. The number of aryl methyl sites for hydroxylation is 1. The van der Waals surface area contributed by atoms with Crippen molar-refractivity contribution in [2.75, 3.05) is 13.2 Å². The maximum atomic E-state index is 14.7. The number of halogens is 2. The first-order valence-electron chi connectivity index (χ1n) is 9.79. The zero-order valence-corrected chi connectivity index (χ0v) is 18.6. The average Bonchev–Trinajstić information content (AvgIpc) is 3.38. The van der Waals surface area contributed by atoms with Crippen LogP contribution in [0.15, 0.2) is 30.6 Å². The number of aromatic nitrogens is 2. The Morgan fingerprint density at radius 3 is 2.77 bits per heavy atom. The van der Waals surface area contributed by atoms with Crippen molar-refractivity contribution in [1.82, 2.24) is 9.97 Å². The number of benzene rings is 1. The fourth-order valence-electron chi connectivity index (χ4n) is 3.70. The van der Waals surface area contributed by atoms with Crippen molar-refractivity contribution < 1.29 is 18.7 Å². The first kappa shape index (κ1) is 21.7. The van der Waals surface area contributed by atoms with E-state index in [1.165, 1.54) is 23.6 Å². The Morgan fingerprint density at radius 1 is 1.35 bits per heavy atom. The van der Waals surface area contributed by atoms with Gasteiger partial charge in [0.05, 0.1) is 23.9 Å². The summed E-state index contributed by atoms with van der Waals surface area (Å²) in [6.45, 7) is 4.82. The molecule has 2 aromatic heterocycles. The highest BCUT2D eigenvalue weighted by Crippen LogP contribution is 2.40. The lowest BCUT2D eigenvalue weighted by Crippen LogP contribution is -2.20. The number of hydrogen-bond donors (Lipinski definition) is 1. The summed E-state index contributed by atoms with van der Waals surface area (Å²) in [5, 5.41) is 0.881. The number of pyridine rings is 1. The molecule has 0 bridgehead atoms. The van der Waals surface area contributed by atoms with Crippen LogP contribution in [-0.4, -0.2) is 35.2 Å². The summed E-state index contributed by atoms with van der Waals surface area (Å²) in [6.07, 6.45) is 3.78. The second-order valence-corrected chi connectivity index (χ2v) is 9.09. The summed E-state index contributed by atoms with van der Waals surface area (Å²) in [5.74, 6) is -1.28. The van der Waals surface area contributed by atoms with Gasteiger partial charge in [0.15, 0.2) is 0 Å². The summed E-state index contributed by atoms with van der Waals surface area (Å²) in [4.78, 5) is 22.1. The lowest BCUT2D eigenvalue weighted by molar-refractivity contribution is 0.0998. The number of carbonyl (C=O) groups excluding carboxylic acids is 1. The van der Waals surface area contributed by atoms with Crippen molar-refractivity contribution in [2.45, 2.75) is 32.3 Å². The van der Waals surface area contributed by atoms with Gasteiger partial charge in [0.25, 0.3) is 0 Å². The SMILES string of the molecule is Cc1cnc(-c2cc(O[C@@H]3CCOC3)cc(C(N)=O)c2C(C)c2ncc(Cl)cc2F)s1. The molecule has 0 spiro atoms. The van der Waals surface area contributed by atoms with Gasteiger partial charge in [-0.05, 0) is 30.7 Å². The second kappa shape index (κ2) is 8.90. The van der Waals surface area contributed by atoms with Gasteiger partial charge in [0.2, 0.25) is 5.91 Å². The summed E-state index contributed by atoms with van der Waals surface area (Å²) in [6, 6.07) is 4.63. The third-order valence-electron chi connectivity index (χ3n) is 5.14. The zero-order chi connectivity index (χ0) is 22.1. The molecule has 0 aliphatic carbocycles. The highest BCUT2D eigenvalue weighted by molar-refractivity contribution is 7.15. The monoisotopic (exact) mass is 461 g/mol. The number of carbonyl (C=O) groups is 1. The van der Waals surface area contributed by atoms with E-state index in [-0.39, 0.29) is 22.4 Å². The molecule has 1 aliphatic rings. The van der Waals surface area contributed by atoms with Crippen molar-refractivity contribution in [3.63, 3.8) is 0 Å². The lowest BCUT2D eigenvalue weighted by Gasteiger charge is -2.21. The molecule has 6 nitrogen and oxygen atoms in total. The summed E-state index contributed by atoms with van der Waals surface area (Å²) < 4.78 is 26.1. The maximum Gasteiger partial charge on any atom is 0.249 e. The van der Waals surface area contributed by atoms with Crippen LogP contribution in [0.2, 0.25) is 5.02 Å². The van der Waals surface area contributed by atoms with E-state index in [4.69, 9.17) is 26.8 Å². The standard InChI is InChI=1S/C22H21ClFN3O3S/c1-11-8-27-22(31-11)17-7-15(30-14-3-4-29-10-14)6-16(21(25)28)19(17)12(2)20-18(24)5-13(23)9-26-20/h5-9,12,14H,3-4,10H2,1-2H3,(H2,25,28)/t12?,14-/m1/s1. The molecule has 1 saturated heterocycles. The van der Waals surface area contributed by atoms with Gasteiger partial charge in [-0.2, -0.15) is 0 Å². The Hall–Kier alpha value is -2.55. The van der Waals surface area contributed by atoms with Gasteiger partial charge in [-0.15, -0.1) is 11.3 Å². The number of nitrogens with zero attached hydrogens (tertiary/aromatic N) is 2. The first-order chi connectivity index (χ1) is 14.8. The fourth-order valence-corrected chi connectivity index (χ4v) is 4.64. The van der Waals surface area contributed by atoms with E-state index < -0.39 is 17.6 Å². The van der Waals surface area contributed by atoms with E-state index in [9.17, 15) is 9.18 Å². The molecule has 1 aromatic carbocycles. The van der Waals surface area contributed by atoms with E-state index >= 15 is 0 Å². The molecule has 2 atom stereocenters. The smallest absolute Gasteiger partial charge is 0.249 e. The Bertz CT molecular complexity index is 1130. The second-order valence-electron chi connectivity index (χ2n) is 7.42. The molecule has 162 valence electrons. The van der Waals surface area contributed by atoms with Gasteiger partial charge in [-0.25, -0.2) is 9.37 Å². The lowest BCUT2D eigenvalue weighted by atomic mass is 9.87. The van der Waals surface area contributed by atoms with E-state index in [1.807, 2.05) is 13.0 Å². The predicted molar refractivity (Wildman–Crippen MR) is 117 cm³/mol. The van der Waals surface area contributed by atoms with Gasteiger partial charge < -0.3 is 15.2 Å². The molecule has 1 unspecified atom stereocenters. The molecule has 31 heavy (non-hydrogen) atoms. The minimum absolute atomic E-state index is 0.106. The number of ether oxygens (including phenoxy) is 2. The van der Waals surface area contributed by atoms with Crippen LogP contribution in [0.1, 0.15) is 45.8 Å². The van der Waals surface area contributed by atoms with Crippen LogP contribution < -0.4 is 10.5 Å². The Kier molecular flexibility index (Phi) is 6.22. The van der Waals surface area contributed by atoms with Gasteiger partial charge in [-0.3, -0.25) is 9.78 Å². The quantitative estimate of drug-likeness (QED) is 0.573. The fraction of sp³-hybridized carbons (Fsp3) is 0.318. The highest BCUT2D eigenvalue weighted by Gasteiger charge is 2.27. The molecule has 1 aliphatic heterocycles. The molecule has 1 fully saturated rings. The van der Waals surface area contributed by atoms with Gasteiger partial charge in [0, 0.05) is 40.7 Å². The minimum Gasteiger partial charge on any atom is -0.488 e. The molecular weight excluding hydrogens is 441 g/mol. The maximum absolute atomic E-state index is 14.7. The molecule has 3 aromatic rings. The molecule has 9 heteroatoms. The topological polar surface area (TPSA) is 87.3 Å². The van der Waals surface area contributed by atoms with E-state index in [0.717, 1.165) is 11.3 Å². The van der Waals surface area contributed by atoms with Crippen molar-refractivity contribution in [3.8, 4) is 16.3 Å². The molecule has 2 N–H and O–H groups in total. The number of hydrogen-bond acceptors (Lipinski definition) is 6. The van der Waals surface area contributed by atoms with Crippen molar-refractivity contribution >= 4 is 28.8 Å². The van der Waals surface area contributed by atoms with E-state index in [0.29, 0.717) is 35.1 Å². The van der Waals surface area contributed by atoms with Crippen LogP contribution >= 0.6 is 22.9 Å². The van der Waals surface area contributed by atoms with Gasteiger partial charge in [-0.1, -0.05) is 18.5 Å². The number of nitrogens with two attached hydrogens (primary N) is 1. The largest absolute Gasteiger partial charge is 0.488 e. The zero-order valence-electron chi connectivity index (χ0n) is 17.0. The third kappa shape index (κ3) is 4.56. The predicted octanol–water partition coefficient (Wildman–Crippen LogP) is 4.72. The molecule has 1 amide bonds. The Balaban J connectivity index is 1.89. The summed E-state index contributed by atoms with van der Waals surface area (Å²) in [7, 11) is 0. The number of primary amides is 1. The average molecular weight is 462 g/mol. The highest BCUT2D eigenvalue weighted by atomic mass is 35.5. The summed E-state index contributed by atoms with van der Waals surface area (Å²) in [5.41, 5.74) is 7.36. The Labute approximate surface area is 188 Å². The van der Waals surface area contributed by atoms with Crippen LogP contribution in [0.3, 0.4) is 0 Å². The molecule has 4 rings (SSSR count). The van der Waals surface area contributed by atoms with Crippen molar-refractivity contribution in [1.29, 1.82) is 0 Å². The number of rotatable bonds is 6. The van der Waals surface area contributed by atoms with Crippen LogP contribution in [0.25, 0.3) is 10.6 Å². The van der Waals surface area contributed by atoms with E-state index in [1.54, 1.807) is 19.2 Å². The van der Waals surface area contributed by atoms with Crippen LogP contribution in [0, 0.1) is 12.7 Å². The minimum atomic E-state index is -0.640. The van der Waals surface area contributed by atoms with Gasteiger partial charge >= 0.3 is 0 Å². The number of amides is 1. The van der Waals surface area contributed by atoms with Gasteiger partial charge in [0.1, 0.15) is 22.7 Å². The van der Waals surface area contributed by atoms with Crippen molar-refractivity contribution in [2.24, 2.45) is 5.73 Å². The number of thiazole rings is 1. The molecule has 0 saturated carbocycles. The van der Waals surface area contributed by atoms with Crippen LogP contribution in [0.4, 0.5) is 4.39 Å². The first-order valence-corrected chi connectivity index (χ1v) is 11.0. The molecule has 0 radical (unpaired) electrons.